The van der Waals surface area contributed by atoms with Crippen molar-refractivity contribution >= 4 is 22.7 Å². The maximum absolute atomic E-state index is 12.2. The van der Waals surface area contributed by atoms with E-state index in [-0.39, 0.29) is 5.43 Å². The highest BCUT2D eigenvalue weighted by Gasteiger charge is 2.07. The molecule has 4 heteroatoms. The molecule has 0 spiro atoms. The second kappa shape index (κ2) is 4.84. The molecule has 17 heavy (non-hydrogen) atoms. The van der Waals surface area contributed by atoms with E-state index < -0.39 is 0 Å². The minimum absolute atomic E-state index is 0.120. The molecular formula is C13H15NO2S. The van der Waals surface area contributed by atoms with Crippen LogP contribution in [-0.4, -0.2) is 17.9 Å². The van der Waals surface area contributed by atoms with Crippen molar-refractivity contribution in [1.29, 1.82) is 0 Å². The Labute approximate surface area is 104 Å². The molecule has 0 amide bonds. The predicted octanol–water partition coefficient (Wildman–Crippen LogP) is 2.41. The van der Waals surface area contributed by atoms with Gasteiger partial charge in [-0.3, -0.25) is 4.79 Å². The molecule has 0 aliphatic rings. The lowest BCUT2D eigenvalue weighted by Crippen LogP contribution is -2.12. The molecule has 90 valence electrons. The van der Waals surface area contributed by atoms with Crippen molar-refractivity contribution in [1.82, 2.24) is 4.57 Å². The van der Waals surface area contributed by atoms with Gasteiger partial charge in [0.1, 0.15) is 5.75 Å². The van der Waals surface area contributed by atoms with E-state index in [0.29, 0.717) is 0 Å². The smallest absolute Gasteiger partial charge is 0.193 e. The SMILES string of the molecule is COc1ccc2c(=O)c(CSC)cn(C)c2c1. The van der Waals surface area contributed by atoms with Gasteiger partial charge in [0.25, 0.3) is 0 Å². The van der Waals surface area contributed by atoms with E-state index in [4.69, 9.17) is 4.74 Å². The number of nitrogens with zero attached hydrogens (tertiary/aromatic N) is 1. The second-order valence-corrected chi connectivity index (χ2v) is 4.78. The highest BCUT2D eigenvalue weighted by atomic mass is 32.2. The van der Waals surface area contributed by atoms with Crippen molar-refractivity contribution < 1.29 is 4.74 Å². The van der Waals surface area contributed by atoms with Gasteiger partial charge in [-0.1, -0.05) is 0 Å². The zero-order chi connectivity index (χ0) is 12.4. The van der Waals surface area contributed by atoms with E-state index in [1.807, 2.05) is 42.3 Å². The Morgan fingerprint density at radius 3 is 2.82 bits per heavy atom. The highest BCUT2D eigenvalue weighted by Crippen LogP contribution is 2.19. The van der Waals surface area contributed by atoms with Gasteiger partial charge >= 0.3 is 0 Å². The summed E-state index contributed by atoms with van der Waals surface area (Å²) >= 11 is 1.66. The van der Waals surface area contributed by atoms with Crippen LogP contribution in [0.4, 0.5) is 0 Å². The minimum Gasteiger partial charge on any atom is -0.497 e. The van der Waals surface area contributed by atoms with Crippen LogP contribution < -0.4 is 10.2 Å². The normalized spacial score (nSPS) is 10.8. The zero-order valence-electron chi connectivity index (χ0n) is 10.2. The van der Waals surface area contributed by atoms with Gasteiger partial charge in [-0.2, -0.15) is 11.8 Å². The van der Waals surface area contributed by atoms with Gasteiger partial charge in [-0.25, -0.2) is 0 Å². The zero-order valence-corrected chi connectivity index (χ0v) is 11.0. The van der Waals surface area contributed by atoms with Crippen LogP contribution in [0.15, 0.2) is 29.2 Å². The van der Waals surface area contributed by atoms with Crippen LogP contribution in [0.1, 0.15) is 5.56 Å². The molecule has 0 aliphatic heterocycles. The lowest BCUT2D eigenvalue weighted by atomic mass is 10.1. The van der Waals surface area contributed by atoms with Gasteiger partial charge in [0.15, 0.2) is 5.43 Å². The lowest BCUT2D eigenvalue weighted by Gasteiger charge is -2.09. The number of benzene rings is 1. The van der Waals surface area contributed by atoms with Gasteiger partial charge < -0.3 is 9.30 Å². The number of rotatable bonds is 3. The van der Waals surface area contributed by atoms with Crippen molar-refractivity contribution in [3.05, 3.63) is 40.2 Å². The monoisotopic (exact) mass is 249 g/mol. The van der Waals surface area contributed by atoms with E-state index in [9.17, 15) is 4.79 Å². The van der Waals surface area contributed by atoms with Crippen LogP contribution in [0.5, 0.6) is 5.75 Å². The van der Waals surface area contributed by atoms with Gasteiger partial charge in [0.2, 0.25) is 0 Å². The molecule has 0 aliphatic carbocycles. The molecule has 1 heterocycles. The Morgan fingerprint density at radius 2 is 2.18 bits per heavy atom. The molecule has 0 bridgehead atoms. The Hall–Kier alpha value is -1.42. The number of hydrogen-bond donors (Lipinski definition) is 0. The molecule has 3 nitrogen and oxygen atoms in total. The number of aromatic nitrogens is 1. The molecule has 0 atom stereocenters. The van der Waals surface area contributed by atoms with E-state index in [1.54, 1.807) is 18.9 Å². The molecule has 1 aromatic heterocycles. The Balaban J connectivity index is 2.73. The van der Waals surface area contributed by atoms with E-state index in [0.717, 1.165) is 28.0 Å². The van der Waals surface area contributed by atoms with Crippen LogP contribution in [0.2, 0.25) is 0 Å². The van der Waals surface area contributed by atoms with E-state index in [2.05, 4.69) is 0 Å². The number of hydrogen-bond acceptors (Lipinski definition) is 3. The van der Waals surface area contributed by atoms with Crippen molar-refractivity contribution in [3.63, 3.8) is 0 Å². The van der Waals surface area contributed by atoms with Gasteiger partial charge in [-0.05, 0) is 18.4 Å². The highest BCUT2D eigenvalue weighted by molar-refractivity contribution is 7.97. The summed E-state index contributed by atoms with van der Waals surface area (Å²) in [5, 5.41) is 0.750. The first-order valence-electron chi connectivity index (χ1n) is 5.32. The van der Waals surface area contributed by atoms with Crippen molar-refractivity contribution in [3.8, 4) is 5.75 Å². The number of fused-ring (bicyclic) bond motifs is 1. The molecule has 0 N–H and O–H groups in total. The van der Waals surface area contributed by atoms with E-state index in [1.165, 1.54) is 0 Å². The molecule has 0 unspecified atom stereocenters. The summed E-state index contributed by atoms with van der Waals surface area (Å²) in [5.41, 5.74) is 1.87. The quantitative estimate of drug-likeness (QED) is 0.837. The first-order valence-corrected chi connectivity index (χ1v) is 6.72. The summed E-state index contributed by atoms with van der Waals surface area (Å²) in [6.07, 6.45) is 3.90. The number of thioether (sulfide) groups is 1. The Bertz CT molecular complexity index is 604. The average molecular weight is 249 g/mol. The molecule has 2 aromatic rings. The largest absolute Gasteiger partial charge is 0.497 e. The molecule has 0 saturated heterocycles. The number of methoxy groups -OCH3 is 1. The van der Waals surface area contributed by atoms with Crippen LogP contribution in [0.3, 0.4) is 0 Å². The molecule has 0 radical (unpaired) electrons. The third-order valence-corrected chi connectivity index (χ3v) is 3.37. The third kappa shape index (κ3) is 2.17. The Morgan fingerprint density at radius 1 is 1.41 bits per heavy atom. The third-order valence-electron chi connectivity index (χ3n) is 2.77. The summed E-state index contributed by atoms with van der Waals surface area (Å²) in [5.74, 6) is 1.51. The summed E-state index contributed by atoms with van der Waals surface area (Å²) < 4.78 is 7.15. The lowest BCUT2D eigenvalue weighted by molar-refractivity contribution is 0.415. The average Bonchev–Trinajstić information content (AvgIpc) is 2.35. The van der Waals surface area contributed by atoms with Crippen molar-refractivity contribution in [2.45, 2.75) is 5.75 Å². The van der Waals surface area contributed by atoms with Crippen molar-refractivity contribution in [2.75, 3.05) is 13.4 Å². The first-order chi connectivity index (χ1) is 8.17. The number of ether oxygens (including phenoxy) is 1. The standard InChI is InChI=1S/C13H15NO2S/c1-14-7-9(8-17-3)13(15)11-5-4-10(16-2)6-12(11)14/h4-7H,8H2,1-3H3. The van der Waals surface area contributed by atoms with Crippen LogP contribution in [0.25, 0.3) is 10.9 Å². The van der Waals surface area contributed by atoms with E-state index >= 15 is 0 Å². The molecule has 0 saturated carbocycles. The number of aryl methyl sites for hydroxylation is 1. The van der Waals surface area contributed by atoms with Crippen molar-refractivity contribution in [2.24, 2.45) is 7.05 Å². The first kappa shape index (κ1) is 12.0. The topological polar surface area (TPSA) is 31.2 Å². The molecule has 0 fully saturated rings. The predicted molar refractivity (Wildman–Crippen MR) is 73.0 cm³/mol. The maximum atomic E-state index is 12.2. The summed E-state index contributed by atoms with van der Waals surface area (Å²) in [6, 6.07) is 5.55. The van der Waals surface area contributed by atoms with Crippen LogP contribution in [0, 0.1) is 0 Å². The summed E-state index contributed by atoms with van der Waals surface area (Å²) in [7, 11) is 3.58. The fraction of sp³-hybridized carbons (Fsp3) is 0.308. The summed E-state index contributed by atoms with van der Waals surface area (Å²) in [6.45, 7) is 0. The second-order valence-electron chi connectivity index (χ2n) is 3.91. The van der Waals surface area contributed by atoms with Crippen LogP contribution in [-0.2, 0) is 12.8 Å². The Kier molecular flexibility index (Phi) is 3.43. The van der Waals surface area contributed by atoms with Gasteiger partial charge in [-0.15, -0.1) is 0 Å². The fourth-order valence-electron chi connectivity index (χ4n) is 1.92. The minimum atomic E-state index is 0.120. The fourth-order valence-corrected chi connectivity index (χ4v) is 2.43. The summed E-state index contributed by atoms with van der Waals surface area (Å²) in [4.78, 5) is 12.2. The molecule has 2 rings (SSSR count). The maximum Gasteiger partial charge on any atom is 0.193 e. The molecular weight excluding hydrogens is 234 g/mol. The van der Waals surface area contributed by atoms with Gasteiger partial charge in [0.05, 0.1) is 12.6 Å². The van der Waals surface area contributed by atoms with Crippen LogP contribution >= 0.6 is 11.8 Å². The number of pyridine rings is 1. The molecule has 1 aromatic carbocycles. The van der Waals surface area contributed by atoms with Gasteiger partial charge in [0, 0.05) is 36.0 Å².